The van der Waals surface area contributed by atoms with Crippen LogP contribution in [0.2, 0.25) is 0 Å². The molecule has 0 aromatic heterocycles. The van der Waals surface area contributed by atoms with Crippen molar-refractivity contribution in [3.63, 3.8) is 0 Å². The van der Waals surface area contributed by atoms with Crippen LogP contribution in [-0.4, -0.2) is 24.4 Å². The van der Waals surface area contributed by atoms with Crippen LogP contribution < -0.4 is 9.64 Å². The maximum Gasteiger partial charge on any atom is 0.227 e. The smallest absolute Gasteiger partial charge is 0.227 e. The van der Waals surface area contributed by atoms with E-state index in [1.807, 2.05) is 36.1 Å². The number of alkyl halides is 1. The molecule has 1 fully saturated rings. The van der Waals surface area contributed by atoms with Crippen LogP contribution in [0.3, 0.4) is 0 Å². The topological polar surface area (TPSA) is 29.5 Å². The molecule has 0 bridgehead atoms. The van der Waals surface area contributed by atoms with Crippen LogP contribution in [0.15, 0.2) is 24.3 Å². The van der Waals surface area contributed by atoms with Crippen molar-refractivity contribution in [2.24, 2.45) is 5.92 Å². The third-order valence-corrected chi connectivity index (χ3v) is 3.79. The molecule has 1 aromatic rings. The number of para-hydroxylation sites is 2. The number of carbonyl (C=O) groups excluding carboxylic acids is 1. The summed E-state index contributed by atoms with van der Waals surface area (Å²) in [5.74, 6) is 1.37. The Morgan fingerprint density at radius 3 is 2.88 bits per heavy atom. The fourth-order valence-corrected chi connectivity index (χ4v) is 2.51. The second-order valence-corrected chi connectivity index (χ2v) is 4.78. The number of hydrogen-bond acceptors (Lipinski definition) is 2. The first-order valence-corrected chi connectivity index (χ1v) is 6.96. The van der Waals surface area contributed by atoms with Gasteiger partial charge in [-0.05, 0) is 25.0 Å². The van der Waals surface area contributed by atoms with Crippen LogP contribution >= 0.6 is 15.9 Å². The second kappa shape index (κ2) is 5.54. The summed E-state index contributed by atoms with van der Waals surface area (Å²) in [6.07, 6.45) is 0.617. The molecule has 0 N–H and O–H groups in total. The third kappa shape index (κ3) is 2.63. The maximum absolute atomic E-state index is 12.0. The number of ether oxygens (including phenoxy) is 1. The van der Waals surface area contributed by atoms with Gasteiger partial charge >= 0.3 is 0 Å². The Kier molecular flexibility index (Phi) is 4.05. The van der Waals surface area contributed by atoms with E-state index >= 15 is 0 Å². The zero-order valence-corrected chi connectivity index (χ0v) is 11.4. The number of amides is 1. The van der Waals surface area contributed by atoms with Gasteiger partial charge in [0.25, 0.3) is 0 Å². The molecule has 1 saturated heterocycles. The average molecular weight is 298 g/mol. The summed E-state index contributed by atoms with van der Waals surface area (Å²) in [6, 6.07) is 7.72. The van der Waals surface area contributed by atoms with E-state index in [-0.39, 0.29) is 5.91 Å². The van der Waals surface area contributed by atoms with E-state index in [2.05, 4.69) is 15.9 Å². The second-order valence-electron chi connectivity index (χ2n) is 4.13. The molecule has 0 saturated carbocycles. The van der Waals surface area contributed by atoms with Crippen LogP contribution in [0, 0.1) is 5.92 Å². The summed E-state index contributed by atoms with van der Waals surface area (Å²) in [6.45, 7) is 3.33. The van der Waals surface area contributed by atoms with Crippen molar-refractivity contribution in [1.29, 1.82) is 0 Å². The van der Waals surface area contributed by atoms with Crippen molar-refractivity contribution < 1.29 is 9.53 Å². The largest absolute Gasteiger partial charge is 0.492 e. The highest BCUT2D eigenvalue weighted by atomic mass is 79.9. The molecule has 0 radical (unpaired) electrons. The Balaban J connectivity index is 2.25. The van der Waals surface area contributed by atoms with Crippen molar-refractivity contribution >= 4 is 27.5 Å². The Morgan fingerprint density at radius 1 is 1.47 bits per heavy atom. The van der Waals surface area contributed by atoms with Gasteiger partial charge in [-0.15, -0.1) is 0 Å². The molecule has 0 spiro atoms. The minimum atomic E-state index is 0.182. The Bertz CT molecular complexity index is 408. The predicted molar refractivity (Wildman–Crippen MR) is 71.9 cm³/mol. The lowest BCUT2D eigenvalue weighted by Crippen LogP contribution is -2.25. The molecule has 0 aliphatic carbocycles. The molecule has 2 rings (SSSR count). The summed E-state index contributed by atoms with van der Waals surface area (Å²) >= 11 is 3.44. The van der Waals surface area contributed by atoms with Crippen molar-refractivity contribution in [2.45, 2.75) is 13.3 Å². The van der Waals surface area contributed by atoms with Crippen LogP contribution in [0.5, 0.6) is 5.75 Å². The standard InChI is InChI=1S/C13H16BrNO2/c1-2-17-12-6-4-3-5-11(12)15-9-10(8-14)7-13(15)16/h3-6,10H,2,7-9H2,1H3. The fourth-order valence-electron chi connectivity index (χ4n) is 2.08. The lowest BCUT2D eigenvalue weighted by Gasteiger charge is -2.19. The number of carbonyl (C=O) groups is 1. The van der Waals surface area contributed by atoms with Gasteiger partial charge in [0.15, 0.2) is 0 Å². The lowest BCUT2D eigenvalue weighted by atomic mass is 10.2. The number of halogens is 1. The Morgan fingerprint density at radius 2 is 2.24 bits per heavy atom. The molecule has 1 heterocycles. The first kappa shape index (κ1) is 12.4. The molecular weight excluding hydrogens is 282 g/mol. The van der Waals surface area contributed by atoms with Crippen LogP contribution in [0.25, 0.3) is 0 Å². The monoisotopic (exact) mass is 297 g/mol. The van der Waals surface area contributed by atoms with Gasteiger partial charge in [-0.2, -0.15) is 0 Å². The molecule has 1 aliphatic heterocycles. The molecule has 1 aromatic carbocycles. The molecular formula is C13H16BrNO2. The fraction of sp³-hybridized carbons (Fsp3) is 0.462. The van der Waals surface area contributed by atoms with Gasteiger partial charge < -0.3 is 9.64 Å². The number of benzene rings is 1. The van der Waals surface area contributed by atoms with Gasteiger partial charge in [-0.25, -0.2) is 0 Å². The van der Waals surface area contributed by atoms with Gasteiger partial charge in [0.2, 0.25) is 5.91 Å². The molecule has 1 atom stereocenters. The highest BCUT2D eigenvalue weighted by molar-refractivity contribution is 9.09. The average Bonchev–Trinajstić information content (AvgIpc) is 2.72. The summed E-state index contributed by atoms with van der Waals surface area (Å²) < 4.78 is 5.56. The van der Waals surface area contributed by atoms with E-state index in [0.717, 1.165) is 23.3 Å². The maximum atomic E-state index is 12.0. The minimum absolute atomic E-state index is 0.182. The van der Waals surface area contributed by atoms with Crippen molar-refractivity contribution in [1.82, 2.24) is 0 Å². The molecule has 1 amide bonds. The van der Waals surface area contributed by atoms with Gasteiger partial charge in [-0.3, -0.25) is 4.79 Å². The number of hydrogen-bond donors (Lipinski definition) is 0. The lowest BCUT2D eigenvalue weighted by molar-refractivity contribution is -0.117. The van der Waals surface area contributed by atoms with E-state index in [9.17, 15) is 4.79 Å². The van der Waals surface area contributed by atoms with Crippen LogP contribution in [0.1, 0.15) is 13.3 Å². The zero-order chi connectivity index (χ0) is 12.3. The third-order valence-electron chi connectivity index (χ3n) is 2.88. The molecule has 3 nitrogen and oxygen atoms in total. The zero-order valence-electron chi connectivity index (χ0n) is 9.86. The van der Waals surface area contributed by atoms with E-state index in [4.69, 9.17) is 4.74 Å². The summed E-state index contributed by atoms with van der Waals surface area (Å²) in [7, 11) is 0. The van der Waals surface area contributed by atoms with Gasteiger partial charge in [0, 0.05) is 18.3 Å². The quantitative estimate of drug-likeness (QED) is 0.800. The SMILES string of the molecule is CCOc1ccccc1N1CC(CBr)CC1=O. The predicted octanol–water partition coefficient (Wildman–Crippen LogP) is 2.83. The van der Waals surface area contributed by atoms with E-state index in [1.165, 1.54) is 0 Å². The van der Waals surface area contributed by atoms with Crippen molar-refractivity contribution in [3.05, 3.63) is 24.3 Å². The van der Waals surface area contributed by atoms with E-state index < -0.39 is 0 Å². The van der Waals surface area contributed by atoms with Gasteiger partial charge in [0.1, 0.15) is 5.75 Å². The van der Waals surface area contributed by atoms with Gasteiger partial charge in [-0.1, -0.05) is 28.1 Å². The van der Waals surface area contributed by atoms with Crippen LogP contribution in [-0.2, 0) is 4.79 Å². The van der Waals surface area contributed by atoms with Crippen molar-refractivity contribution in [2.75, 3.05) is 23.4 Å². The normalized spacial score (nSPS) is 19.8. The number of anilines is 1. The van der Waals surface area contributed by atoms with Crippen molar-refractivity contribution in [3.8, 4) is 5.75 Å². The van der Waals surface area contributed by atoms with Gasteiger partial charge in [0.05, 0.1) is 12.3 Å². The molecule has 1 aliphatic rings. The molecule has 17 heavy (non-hydrogen) atoms. The highest BCUT2D eigenvalue weighted by Gasteiger charge is 2.31. The summed E-state index contributed by atoms with van der Waals surface area (Å²) in [4.78, 5) is 13.8. The Hall–Kier alpha value is -1.03. The van der Waals surface area contributed by atoms with E-state index in [0.29, 0.717) is 18.9 Å². The van der Waals surface area contributed by atoms with E-state index in [1.54, 1.807) is 0 Å². The van der Waals surface area contributed by atoms with Crippen LogP contribution in [0.4, 0.5) is 5.69 Å². The minimum Gasteiger partial charge on any atom is -0.492 e. The first-order valence-electron chi connectivity index (χ1n) is 5.84. The molecule has 1 unspecified atom stereocenters. The number of nitrogens with zero attached hydrogens (tertiary/aromatic N) is 1. The number of rotatable bonds is 4. The molecule has 4 heteroatoms. The first-order chi connectivity index (χ1) is 8.26. The highest BCUT2D eigenvalue weighted by Crippen LogP contribution is 2.33. The molecule has 92 valence electrons. The summed E-state index contributed by atoms with van der Waals surface area (Å²) in [5, 5.41) is 0.867. The Labute approximate surface area is 110 Å². The summed E-state index contributed by atoms with van der Waals surface area (Å²) in [5.41, 5.74) is 0.891.